The van der Waals surface area contributed by atoms with Crippen molar-refractivity contribution in [2.75, 3.05) is 19.6 Å². The summed E-state index contributed by atoms with van der Waals surface area (Å²) in [5, 5.41) is 9.86. The molecule has 2 atom stereocenters. The summed E-state index contributed by atoms with van der Waals surface area (Å²) in [5.41, 5.74) is -0.709. The highest BCUT2D eigenvalue weighted by Crippen LogP contribution is 2.34. The Kier molecular flexibility index (Phi) is 4.42. The normalized spacial score (nSPS) is 28.3. The van der Waals surface area contributed by atoms with Crippen LogP contribution in [-0.4, -0.2) is 58.0 Å². The first-order valence-electron chi connectivity index (χ1n) is 8.69. The van der Waals surface area contributed by atoms with E-state index in [0.717, 1.165) is 19.5 Å². The van der Waals surface area contributed by atoms with Gasteiger partial charge in [-0.05, 0) is 65.6 Å². The van der Waals surface area contributed by atoms with E-state index in [4.69, 9.17) is 4.42 Å². The van der Waals surface area contributed by atoms with Gasteiger partial charge in [-0.2, -0.15) is 0 Å². The van der Waals surface area contributed by atoms with Gasteiger partial charge < -0.3 is 19.3 Å². The van der Waals surface area contributed by atoms with Crippen LogP contribution in [0, 0.1) is 13.8 Å². The Morgan fingerprint density at radius 1 is 1.25 bits per heavy atom. The van der Waals surface area contributed by atoms with E-state index >= 15 is 0 Å². The van der Waals surface area contributed by atoms with Crippen LogP contribution < -0.4 is 0 Å². The first-order valence-corrected chi connectivity index (χ1v) is 8.69. The molecule has 2 fully saturated rings. The maximum Gasteiger partial charge on any atom is 0.329 e. The lowest BCUT2D eigenvalue weighted by Crippen LogP contribution is -2.62. The zero-order valence-corrected chi connectivity index (χ0v) is 14.7. The number of carboxylic acids is 1. The number of aliphatic carboxylic acids is 1. The largest absolute Gasteiger partial charge is 0.480 e. The molecule has 0 saturated carbocycles. The van der Waals surface area contributed by atoms with Crippen LogP contribution >= 0.6 is 0 Å². The number of carbonyl (C=O) groups excluding carboxylic acids is 1. The number of amides is 1. The molecular formula is C18H26N2O4. The molecule has 1 N–H and O–H groups in total. The monoisotopic (exact) mass is 334 g/mol. The van der Waals surface area contributed by atoms with Crippen LogP contribution in [0.4, 0.5) is 0 Å². The molecule has 3 heterocycles. The standard InChI is InChI=1S/C18H26N2O4/c1-12-10-15(13(2)24-12)16(21)20-9-6-14(19-7-4-5-8-19)11-18(20,3)17(22)23/h10,14H,4-9,11H2,1-3H3,(H,22,23). The van der Waals surface area contributed by atoms with E-state index < -0.39 is 11.5 Å². The van der Waals surface area contributed by atoms with Crippen molar-refractivity contribution in [3.63, 3.8) is 0 Å². The van der Waals surface area contributed by atoms with Crippen LogP contribution in [0.5, 0.6) is 0 Å². The molecule has 1 aromatic rings. The number of carbonyl (C=O) groups is 2. The van der Waals surface area contributed by atoms with Crippen molar-refractivity contribution < 1.29 is 19.1 Å². The number of aryl methyl sites for hydroxylation is 2. The zero-order valence-electron chi connectivity index (χ0n) is 14.7. The van der Waals surface area contributed by atoms with E-state index in [0.29, 0.717) is 30.0 Å². The molecule has 2 saturated heterocycles. The van der Waals surface area contributed by atoms with Crippen LogP contribution in [0.15, 0.2) is 10.5 Å². The quantitative estimate of drug-likeness (QED) is 0.919. The molecule has 2 aliphatic rings. The summed E-state index contributed by atoms with van der Waals surface area (Å²) in [6.07, 6.45) is 3.65. The number of rotatable bonds is 3. The summed E-state index contributed by atoms with van der Waals surface area (Å²) in [6.45, 7) is 7.75. The van der Waals surface area contributed by atoms with Crippen molar-refractivity contribution in [2.24, 2.45) is 0 Å². The molecule has 6 heteroatoms. The fraction of sp³-hybridized carbons (Fsp3) is 0.667. The van der Waals surface area contributed by atoms with E-state index in [9.17, 15) is 14.7 Å². The first kappa shape index (κ1) is 17.0. The molecule has 0 aliphatic carbocycles. The van der Waals surface area contributed by atoms with Gasteiger partial charge in [-0.25, -0.2) is 4.79 Å². The Labute approximate surface area is 142 Å². The Balaban J connectivity index is 1.86. The number of hydrogen-bond acceptors (Lipinski definition) is 4. The molecular weight excluding hydrogens is 308 g/mol. The van der Waals surface area contributed by atoms with E-state index in [1.54, 1.807) is 26.8 Å². The fourth-order valence-electron chi connectivity index (χ4n) is 4.13. The maximum absolute atomic E-state index is 13.0. The predicted molar refractivity (Wildman–Crippen MR) is 89.1 cm³/mol. The number of nitrogens with zero attached hydrogens (tertiary/aromatic N) is 2. The molecule has 3 rings (SSSR count). The van der Waals surface area contributed by atoms with Gasteiger partial charge in [-0.1, -0.05) is 0 Å². The first-order chi connectivity index (χ1) is 11.3. The third-order valence-electron chi connectivity index (χ3n) is 5.55. The zero-order chi connectivity index (χ0) is 17.5. The van der Waals surface area contributed by atoms with Gasteiger partial charge in [0.25, 0.3) is 5.91 Å². The Morgan fingerprint density at radius 2 is 1.92 bits per heavy atom. The van der Waals surface area contributed by atoms with E-state index in [-0.39, 0.29) is 11.9 Å². The fourth-order valence-corrected chi connectivity index (χ4v) is 4.13. The maximum atomic E-state index is 13.0. The molecule has 2 unspecified atom stereocenters. The molecule has 24 heavy (non-hydrogen) atoms. The molecule has 6 nitrogen and oxygen atoms in total. The Morgan fingerprint density at radius 3 is 2.46 bits per heavy atom. The number of hydrogen-bond donors (Lipinski definition) is 1. The average Bonchev–Trinajstić information content (AvgIpc) is 3.16. The number of likely N-dealkylation sites (tertiary alicyclic amines) is 2. The minimum atomic E-state index is -1.18. The van der Waals surface area contributed by atoms with Crippen molar-refractivity contribution in [3.05, 3.63) is 23.2 Å². The van der Waals surface area contributed by atoms with Gasteiger partial charge in [0.15, 0.2) is 0 Å². The van der Waals surface area contributed by atoms with Gasteiger partial charge in [-0.3, -0.25) is 4.79 Å². The molecule has 0 radical (unpaired) electrons. The van der Waals surface area contributed by atoms with E-state index in [1.165, 1.54) is 17.7 Å². The summed E-state index contributed by atoms with van der Waals surface area (Å²) in [7, 11) is 0. The van der Waals surface area contributed by atoms with Gasteiger partial charge in [0.2, 0.25) is 0 Å². The van der Waals surface area contributed by atoms with Crippen LogP contribution in [-0.2, 0) is 4.79 Å². The molecule has 0 bridgehead atoms. The third-order valence-corrected chi connectivity index (χ3v) is 5.55. The summed E-state index contributed by atoms with van der Waals surface area (Å²) in [5.74, 6) is 0.0403. The highest BCUT2D eigenvalue weighted by atomic mass is 16.4. The highest BCUT2D eigenvalue weighted by Gasteiger charge is 2.48. The third kappa shape index (κ3) is 2.83. The highest BCUT2D eigenvalue weighted by molar-refractivity contribution is 5.98. The number of furan rings is 1. The van der Waals surface area contributed by atoms with Crippen molar-refractivity contribution >= 4 is 11.9 Å². The second kappa shape index (κ2) is 6.24. The predicted octanol–water partition coefficient (Wildman–Crippen LogP) is 2.44. The van der Waals surface area contributed by atoms with Crippen LogP contribution in [0.1, 0.15) is 54.5 Å². The van der Waals surface area contributed by atoms with Crippen LogP contribution in [0.25, 0.3) is 0 Å². The second-order valence-corrected chi connectivity index (χ2v) is 7.25. The Hall–Kier alpha value is -1.82. The summed E-state index contributed by atoms with van der Waals surface area (Å²) < 4.78 is 5.45. The van der Waals surface area contributed by atoms with Gasteiger partial charge in [0, 0.05) is 12.6 Å². The lowest BCUT2D eigenvalue weighted by Gasteiger charge is -2.47. The van der Waals surface area contributed by atoms with Gasteiger partial charge in [0.1, 0.15) is 17.1 Å². The smallest absolute Gasteiger partial charge is 0.329 e. The molecule has 0 spiro atoms. The van der Waals surface area contributed by atoms with Gasteiger partial charge >= 0.3 is 5.97 Å². The minimum absolute atomic E-state index is 0.241. The van der Waals surface area contributed by atoms with Crippen molar-refractivity contribution in [3.8, 4) is 0 Å². The van der Waals surface area contributed by atoms with Crippen LogP contribution in [0.3, 0.4) is 0 Å². The van der Waals surface area contributed by atoms with E-state index in [2.05, 4.69) is 4.90 Å². The Bertz CT molecular complexity index is 647. The molecule has 0 aromatic carbocycles. The van der Waals surface area contributed by atoms with Crippen molar-refractivity contribution in [2.45, 2.75) is 58.0 Å². The molecule has 132 valence electrons. The lowest BCUT2D eigenvalue weighted by molar-refractivity contribution is -0.152. The van der Waals surface area contributed by atoms with Crippen LogP contribution in [0.2, 0.25) is 0 Å². The topological polar surface area (TPSA) is 74.0 Å². The number of piperidine rings is 1. The summed E-state index contributed by atoms with van der Waals surface area (Å²) in [4.78, 5) is 28.9. The van der Waals surface area contributed by atoms with Gasteiger partial charge in [-0.15, -0.1) is 0 Å². The molecule has 1 amide bonds. The van der Waals surface area contributed by atoms with Gasteiger partial charge in [0.05, 0.1) is 5.56 Å². The van der Waals surface area contributed by atoms with Crippen molar-refractivity contribution in [1.82, 2.24) is 9.80 Å². The SMILES string of the molecule is Cc1cc(C(=O)N2CCC(N3CCCC3)CC2(C)C(=O)O)c(C)o1. The lowest BCUT2D eigenvalue weighted by atomic mass is 9.84. The summed E-state index contributed by atoms with van der Waals surface area (Å²) >= 11 is 0. The molecule has 1 aromatic heterocycles. The summed E-state index contributed by atoms with van der Waals surface area (Å²) in [6, 6.07) is 1.94. The van der Waals surface area contributed by atoms with E-state index in [1.807, 2.05) is 0 Å². The van der Waals surface area contributed by atoms with Crippen molar-refractivity contribution in [1.29, 1.82) is 0 Å². The number of carboxylic acid groups (broad SMARTS) is 1. The second-order valence-electron chi connectivity index (χ2n) is 7.25. The minimum Gasteiger partial charge on any atom is -0.480 e. The average molecular weight is 334 g/mol. The molecule has 2 aliphatic heterocycles.